The van der Waals surface area contributed by atoms with Gasteiger partial charge in [-0.05, 0) is 26.0 Å². The smallest absolute Gasteiger partial charge is 0.387 e. The van der Waals surface area contributed by atoms with Crippen LogP contribution < -0.4 is 20.2 Å². The Morgan fingerprint density at radius 1 is 1.39 bits per heavy atom. The van der Waals surface area contributed by atoms with Crippen LogP contribution in [0.3, 0.4) is 0 Å². The first kappa shape index (κ1) is 21.1. The highest BCUT2D eigenvalue weighted by Gasteiger charge is 2.43. The highest BCUT2D eigenvalue weighted by molar-refractivity contribution is 6.06. The molecule has 0 saturated carbocycles. The summed E-state index contributed by atoms with van der Waals surface area (Å²) in [7, 11) is 1.30. The number of hydrazone groups is 1. The van der Waals surface area contributed by atoms with Crippen LogP contribution in [-0.2, 0) is 9.59 Å². The third-order valence-electron chi connectivity index (χ3n) is 3.84. The molecule has 152 valence electrons. The molecule has 1 fully saturated rings. The number of alkyl halides is 2. The molecule has 0 aromatic heterocycles. The minimum Gasteiger partial charge on any atom is -0.493 e. The predicted molar refractivity (Wildman–Crippen MR) is 94.3 cm³/mol. The monoisotopic (exact) mass is 398 g/mol. The summed E-state index contributed by atoms with van der Waals surface area (Å²) in [5, 5.41) is 6.19. The molecule has 1 aromatic carbocycles. The molecule has 0 spiro atoms. The van der Waals surface area contributed by atoms with Crippen LogP contribution in [-0.4, -0.2) is 54.8 Å². The Balaban J connectivity index is 1.95. The summed E-state index contributed by atoms with van der Waals surface area (Å²) in [5.74, 6) is -1.14. The van der Waals surface area contributed by atoms with Crippen LogP contribution in [0.25, 0.3) is 0 Å². The molecule has 0 aliphatic carbocycles. The maximum Gasteiger partial charge on any atom is 0.387 e. The highest BCUT2D eigenvalue weighted by Crippen LogP contribution is 2.31. The van der Waals surface area contributed by atoms with Gasteiger partial charge in [0, 0.05) is 18.5 Å². The summed E-state index contributed by atoms with van der Waals surface area (Å²) in [6, 6.07) is 3.86. The van der Waals surface area contributed by atoms with Crippen molar-refractivity contribution in [2.45, 2.75) is 32.4 Å². The Hall–Kier alpha value is -3.24. The van der Waals surface area contributed by atoms with E-state index in [1.54, 1.807) is 19.9 Å². The fourth-order valence-electron chi connectivity index (χ4n) is 2.47. The molecule has 1 saturated heterocycles. The molecule has 4 amide bonds. The van der Waals surface area contributed by atoms with Crippen LogP contribution in [0.2, 0.25) is 0 Å². The van der Waals surface area contributed by atoms with E-state index in [0.29, 0.717) is 0 Å². The lowest BCUT2D eigenvalue weighted by Gasteiger charge is -2.15. The number of rotatable bonds is 8. The van der Waals surface area contributed by atoms with E-state index in [0.717, 1.165) is 11.1 Å². The lowest BCUT2D eigenvalue weighted by atomic mass is 10.1. The summed E-state index contributed by atoms with van der Waals surface area (Å²) in [6.07, 6.45) is 0.944. The number of urea groups is 1. The molecule has 0 radical (unpaired) electrons. The second-order valence-electron chi connectivity index (χ2n) is 6.31. The van der Waals surface area contributed by atoms with Crippen LogP contribution in [0.15, 0.2) is 23.3 Å². The van der Waals surface area contributed by atoms with Crippen LogP contribution in [0.4, 0.5) is 13.6 Å². The number of nitrogens with zero attached hydrogens (tertiary/aromatic N) is 2. The van der Waals surface area contributed by atoms with Crippen molar-refractivity contribution in [3.8, 4) is 11.5 Å². The Bertz CT molecular complexity index is 798. The third-order valence-corrected chi connectivity index (χ3v) is 3.84. The van der Waals surface area contributed by atoms with Crippen LogP contribution in [0.1, 0.15) is 25.8 Å². The molecule has 1 aliphatic heterocycles. The van der Waals surface area contributed by atoms with Crippen molar-refractivity contribution in [2.75, 3.05) is 13.7 Å². The summed E-state index contributed by atoms with van der Waals surface area (Å²) < 4.78 is 34.5. The largest absolute Gasteiger partial charge is 0.493 e. The van der Waals surface area contributed by atoms with E-state index < -0.39 is 30.0 Å². The molecule has 2 rings (SSSR count). The maximum absolute atomic E-state index is 12.6. The number of carbonyl (C=O) groups excluding carboxylic acids is 3. The fraction of sp³-hybridized carbons (Fsp3) is 0.412. The topological polar surface area (TPSA) is 109 Å². The number of para-hydroxylation sites is 1. The van der Waals surface area contributed by atoms with Gasteiger partial charge in [0.25, 0.3) is 5.91 Å². The quantitative estimate of drug-likeness (QED) is 0.392. The third kappa shape index (κ3) is 4.93. The second kappa shape index (κ2) is 8.63. The summed E-state index contributed by atoms with van der Waals surface area (Å²) >= 11 is 0. The first-order chi connectivity index (χ1) is 13.2. The van der Waals surface area contributed by atoms with Crippen molar-refractivity contribution in [1.29, 1.82) is 0 Å². The SMILES string of the molecule is COc1cccc(/C=N\NC(=O)CCN2C(=O)NC(C)(C)C2=O)c1OC(F)F. The zero-order chi connectivity index (χ0) is 20.9. The van der Waals surface area contributed by atoms with E-state index in [1.807, 2.05) is 0 Å². The first-order valence-corrected chi connectivity index (χ1v) is 8.23. The van der Waals surface area contributed by atoms with Gasteiger partial charge in [0.05, 0.1) is 13.3 Å². The highest BCUT2D eigenvalue weighted by atomic mass is 19.3. The van der Waals surface area contributed by atoms with Crippen molar-refractivity contribution >= 4 is 24.1 Å². The van der Waals surface area contributed by atoms with Gasteiger partial charge in [-0.2, -0.15) is 13.9 Å². The Morgan fingerprint density at radius 3 is 2.68 bits per heavy atom. The Morgan fingerprint density at radius 2 is 2.11 bits per heavy atom. The molecular formula is C17H20F2N4O5. The fourth-order valence-corrected chi connectivity index (χ4v) is 2.47. The normalized spacial score (nSPS) is 15.9. The Labute approximate surface area is 159 Å². The van der Waals surface area contributed by atoms with Gasteiger partial charge < -0.3 is 14.8 Å². The minimum atomic E-state index is -3.06. The molecule has 11 heteroatoms. The summed E-state index contributed by atoms with van der Waals surface area (Å²) in [5.41, 5.74) is 1.35. The van der Waals surface area contributed by atoms with Gasteiger partial charge >= 0.3 is 12.6 Å². The zero-order valence-electron chi connectivity index (χ0n) is 15.5. The van der Waals surface area contributed by atoms with Crippen molar-refractivity contribution in [3.63, 3.8) is 0 Å². The van der Waals surface area contributed by atoms with Crippen LogP contribution in [0.5, 0.6) is 11.5 Å². The number of hydrogen-bond acceptors (Lipinski definition) is 6. The minimum absolute atomic E-state index is 0.0803. The van der Waals surface area contributed by atoms with Gasteiger partial charge in [0.2, 0.25) is 5.91 Å². The molecule has 0 bridgehead atoms. The number of carbonyl (C=O) groups is 3. The first-order valence-electron chi connectivity index (χ1n) is 8.23. The van der Waals surface area contributed by atoms with Crippen molar-refractivity contribution in [3.05, 3.63) is 23.8 Å². The van der Waals surface area contributed by atoms with Gasteiger partial charge in [-0.3, -0.25) is 14.5 Å². The summed E-state index contributed by atoms with van der Waals surface area (Å²) in [6.45, 7) is -0.0596. The number of imide groups is 1. The number of ether oxygens (including phenoxy) is 2. The average molecular weight is 398 g/mol. The van der Waals surface area contributed by atoms with Crippen LogP contribution >= 0.6 is 0 Å². The summed E-state index contributed by atoms with van der Waals surface area (Å²) in [4.78, 5) is 36.6. The Kier molecular flexibility index (Phi) is 6.49. The molecule has 1 heterocycles. The maximum atomic E-state index is 12.6. The molecule has 28 heavy (non-hydrogen) atoms. The molecule has 2 N–H and O–H groups in total. The van der Waals surface area contributed by atoms with Gasteiger partial charge in [-0.15, -0.1) is 0 Å². The number of benzene rings is 1. The number of amides is 4. The molecule has 9 nitrogen and oxygen atoms in total. The van der Waals surface area contributed by atoms with E-state index in [1.165, 1.54) is 19.2 Å². The van der Waals surface area contributed by atoms with Gasteiger partial charge in [0.15, 0.2) is 11.5 Å². The number of hydrogen-bond donors (Lipinski definition) is 2. The van der Waals surface area contributed by atoms with Crippen LogP contribution in [0, 0.1) is 0 Å². The van der Waals surface area contributed by atoms with E-state index in [4.69, 9.17) is 4.74 Å². The van der Waals surface area contributed by atoms with Crippen molar-refractivity contribution < 1.29 is 32.6 Å². The number of nitrogens with one attached hydrogen (secondary N) is 2. The predicted octanol–water partition coefficient (Wildman–Crippen LogP) is 1.47. The van der Waals surface area contributed by atoms with Crippen molar-refractivity contribution in [1.82, 2.24) is 15.6 Å². The van der Waals surface area contributed by atoms with Gasteiger partial charge in [0.1, 0.15) is 5.54 Å². The van der Waals surface area contributed by atoms with E-state index in [9.17, 15) is 23.2 Å². The van der Waals surface area contributed by atoms with E-state index >= 15 is 0 Å². The molecule has 1 aliphatic rings. The molecular weight excluding hydrogens is 378 g/mol. The zero-order valence-corrected chi connectivity index (χ0v) is 15.5. The van der Waals surface area contributed by atoms with Crippen molar-refractivity contribution in [2.24, 2.45) is 5.10 Å². The average Bonchev–Trinajstić information content (AvgIpc) is 2.81. The number of methoxy groups -OCH3 is 1. The molecule has 0 unspecified atom stereocenters. The second-order valence-corrected chi connectivity index (χ2v) is 6.31. The number of halogens is 2. The van der Waals surface area contributed by atoms with E-state index in [-0.39, 0.29) is 30.0 Å². The molecule has 1 aromatic rings. The van der Waals surface area contributed by atoms with E-state index in [2.05, 4.69) is 20.6 Å². The van der Waals surface area contributed by atoms with Gasteiger partial charge in [-0.1, -0.05) is 6.07 Å². The lowest BCUT2D eigenvalue weighted by Crippen LogP contribution is -2.40. The standard InChI is InChI=1S/C17H20F2N4O5/c1-17(2)14(25)23(16(26)21-17)8-7-12(24)22-20-9-10-5-4-6-11(27-3)13(10)28-15(18)19/h4-6,9,15H,7-8H2,1-3H3,(H,21,26)(H,22,24)/b20-9-. The van der Waals surface area contributed by atoms with Gasteiger partial charge in [-0.25, -0.2) is 10.2 Å². The lowest BCUT2D eigenvalue weighted by molar-refractivity contribution is -0.130. The molecule has 0 atom stereocenters.